The summed E-state index contributed by atoms with van der Waals surface area (Å²) in [7, 11) is 0. The van der Waals surface area contributed by atoms with Gasteiger partial charge in [0.1, 0.15) is 0 Å². The minimum atomic E-state index is -4.71. The van der Waals surface area contributed by atoms with Crippen LogP contribution in [0.5, 0.6) is 0 Å². The number of esters is 1. The number of allylic oxidation sites excluding steroid dienone is 2. The molecule has 5 nitrogen and oxygen atoms in total. The summed E-state index contributed by atoms with van der Waals surface area (Å²) in [6.07, 6.45) is -4.71. The Kier molecular flexibility index (Phi) is 6.21. The van der Waals surface area contributed by atoms with Crippen LogP contribution in [0.4, 0.5) is 13.2 Å². The highest BCUT2D eigenvalue weighted by atomic mass is 19.4. The number of dihydropyridines is 1. The summed E-state index contributed by atoms with van der Waals surface area (Å²) >= 11 is 0. The van der Waals surface area contributed by atoms with E-state index < -0.39 is 29.6 Å². The second kappa shape index (κ2) is 8.08. The normalized spacial score (nSPS) is 17.6. The smallest absolute Gasteiger partial charge is 0.416 e. The third-order valence-corrected chi connectivity index (χ3v) is 4.34. The van der Waals surface area contributed by atoms with E-state index in [-0.39, 0.29) is 40.6 Å². The fourth-order valence-electron chi connectivity index (χ4n) is 3.19. The largest absolute Gasteiger partial charge is 0.478 e. The molecule has 0 amide bonds. The first kappa shape index (κ1) is 21.5. The first-order valence-electron chi connectivity index (χ1n) is 8.70. The molecule has 2 rings (SSSR count). The van der Waals surface area contributed by atoms with Crippen molar-refractivity contribution < 1.29 is 32.6 Å². The molecule has 0 bridgehead atoms. The minimum Gasteiger partial charge on any atom is -0.478 e. The monoisotopic (exact) mass is 397 g/mol. The van der Waals surface area contributed by atoms with Gasteiger partial charge in [-0.25, -0.2) is 9.59 Å². The lowest BCUT2D eigenvalue weighted by atomic mass is 9.78. The van der Waals surface area contributed by atoms with Gasteiger partial charge < -0.3 is 15.2 Å². The van der Waals surface area contributed by atoms with E-state index in [0.29, 0.717) is 0 Å². The average molecular weight is 397 g/mol. The standard InChI is InChI=1S/C20H22F3NO4/c1-10(2)9-28-19(27)16-12(4)24-11(3)15(18(25)26)17(16)13-7-5-6-8-14(13)20(21,22)23/h5-8,10,17,24H,9H2,1-4H3,(H,25,26). The van der Waals surface area contributed by atoms with Crippen molar-refractivity contribution in [2.45, 2.75) is 39.8 Å². The number of rotatable bonds is 5. The molecule has 0 aromatic heterocycles. The zero-order valence-electron chi connectivity index (χ0n) is 16.0. The number of aliphatic carboxylic acids is 1. The molecule has 0 fully saturated rings. The molecule has 8 heteroatoms. The van der Waals surface area contributed by atoms with Gasteiger partial charge in [-0.15, -0.1) is 0 Å². The molecule has 1 aromatic rings. The highest BCUT2D eigenvalue weighted by molar-refractivity contribution is 5.99. The zero-order valence-corrected chi connectivity index (χ0v) is 16.0. The molecule has 0 radical (unpaired) electrons. The molecule has 0 spiro atoms. The summed E-state index contributed by atoms with van der Waals surface area (Å²) in [5.41, 5.74) is -1.32. The average Bonchev–Trinajstić information content (AvgIpc) is 2.57. The summed E-state index contributed by atoms with van der Waals surface area (Å²) in [4.78, 5) is 24.6. The molecule has 1 unspecified atom stereocenters. The topological polar surface area (TPSA) is 75.6 Å². The Morgan fingerprint density at radius 2 is 1.71 bits per heavy atom. The Morgan fingerprint density at radius 3 is 2.25 bits per heavy atom. The van der Waals surface area contributed by atoms with Gasteiger partial charge in [0.2, 0.25) is 0 Å². The number of alkyl halides is 3. The van der Waals surface area contributed by atoms with Crippen LogP contribution < -0.4 is 5.32 Å². The predicted octanol–water partition coefficient (Wildman–Crippen LogP) is 4.22. The van der Waals surface area contributed by atoms with Crippen molar-refractivity contribution in [1.82, 2.24) is 5.32 Å². The molecule has 1 atom stereocenters. The molecular formula is C20H22F3NO4. The highest BCUT2D eigenvalue weighted by Gasteiger charge is 2.42. The molecule has 1 aromatic carbocycles. The molecule has 1 heterocycles. The molecule has 0 aliphatic carbocycles. The highest BCUT2D eigenvalue weighted by Crippen LogP contribution is 2.44. The number of hydrogen-bond acceptors (Lipinski definition) is 4. The van der Waals surface area contributed by atoms with E-state index in [1.165, 1.54) is 32.0 Å². The first-order valence-corrected chi connectivity index (χ1v) is 8.70. The number of ether oxygens (including phenoxy) is 1. The molecular weight excluding hydrogens is 375 g/mol. The van der Waals surface area contributed by atoms with Crippen LogP contribution in [0, 0.1) is 5.92 Å². The number of carbonyl (C=O) groups is 2. The van der Waals surface area contributed by atoms with Crippen LogP contribution in [0.15, 0.2) is 46.8 Å². The molecule has 1 aliphatic rings. The van der Waals surface area contributed by atoms with Gasteiger partial charge >= 0.3 is 18.1 Å². The maximum Gasteiger partial charge on any atom is 0.416 e. The van der Waals surface area contributed by atoms with Gasteiger partial charge in [0, 0.05) is 11.4 Å². The zero-order chi connectivity index (χ0) is 21.2. The van der Waals surface area contributed by atoms with Crippen LogP contribution in [-0.4, -0.2) is 23.7 Å². The van der Waals surface area contributed by atoms with E-state index in [2.05, 4.69) is 5.32 Å². The van der Waals surface area contributed by atoms with Crippen molar-refractivity contribution in [2.75, 3.05) is 6.61 Å². The number of nitrogens with one attached hydrogen (secondary N) is 1. The van der Waals surface area contributed by atoms with Crippen molar-refractivity contribution in [3.05, 3.63) is 57.9 Å². The van der Waals surface area contributed by atoms with Crippen LogP contribution in [0.3, 0.4) is 0 Å². The Labute approximate surface area is 160 Å². The predicted molar refractivity (Wildman–Crippen MR) is 96.2 cm³/mol. The minimum absolute atomic E-state index is 0.0125. The van der Waals surface area contributed by atoms with E-state index >= 15 is 0 Å². The van der Waals surface area contributed by atoms with Crippen LogP contribution in [0.25, 0.3) is 0 Å². The first-order chi connectivity index (χ1) is 12.9. The third-order valence-electron chi connectivity index (χ3n) is 4.34. The Bertz CT molecular complexity index is 853. The fraction of sp³-hybridized carbons (Fsp3) is 0.400. The van der Waals surface area contributed by atoms with Gasteiger partial charge in [-0.1, -0.05) is 32.0 Å². The van der Waals surface area contributed by atoms with Crippen LogP contribution >= 0.6 is 0 Å². The second-order valence-electron chi connectivity index (χ2n) is 7.02. The number of carboxylic acid groups (broad SMARTS) is 1. The van der Waals surface area contributed by atoms with Gasteiger partial charge in [0.15, 0.2) is 0 Å². The van der Waals surface area contributed by atoms with E-state index in [1.54, 1.807) is 0 Å². The Hall–Kier alpha value is -2.77. The number of carboxylic acids is 1. The van der Waals surface area contributed by atoms with Gasteiger partial charge in [-0.3, -0.25) is 0 Å². The maximum atomic E-state index is 13.6. The van der Waals surface area contributed by atoms with Crippen molar-refractivity contribution in [2.24, 2.45) is 5.92 Å². The summed E-state index contributed by atoms with van der Waals surface area (Å²) in [5, 5.41) is 12.5. The lowest BCUT2D eigenvalue weighted by Gasteiger charge is -2.31. The van der Waals surface area contributed by atoms with Crippen molar-refractivity contribution in [1.29, 1.82) is 0 Å². The number of benzene rings is 1. The Morgan fingerprint density at radius 1 is 1.14 bits per heavy atom. The van der Waals surface area contributed by atoms with E-state index in [9.17, 15) is 27.9 Å². The van der Waals surface area contributed by atoms with Gasteiger partial charge in [0.05, 0.1) is 29.2 Å². The van der Waals surface area contributed by atoms with Gasteiger partial charge in [0.25, 0.3) is 0 Å². The van der Waals surface area contributed by atoms with Gasteiger partial charge in [-0.2, -0.15) is 13.2 Å². The van der Waals surface area contributed by atoms with Crippen LogP contribution in [0.1, 0.15) is 44.7 Å². The number of halogens is 3. The van der Waals surface area contributed by atoms with Crippen molar-refractivity contribution in [3.63, 3.8) is 0 Å². The Balaban J connectivity index is 2.70. The molecule has 28 heavy (non-hydrogen) atoms. The third kappa shape index (κ3) is 4.37. The SMILES string of the molecule is CC1=C(C(=O)O)C(c2ccccc2C(F)(F)F)C(C(=O)OCC(C)C)=C(C)N1. The summed E-state index contributed by atoms with van der Waals surface area (Å²) in [6.45, 7) is 6.66. The molecule has 2 N–H and O–H groups in total. The molecule has 0 saturated heterocycles. The van der Waals surface area contributed by atoms with E-state index in [1.807, 2.05) is 13.8 Å². The lowest BCUT2D eigenvalue weighted by Crippen LogP contribution is -2.33. The lowest BCUT2D eigenvalue weighted by molar-refractivity contribution is -0.142. The number of carbonyl (C=O) groups excluding carboxylic acids is 1. The number of hydrogen-bond donors (Lipinski definition) is 2. The summed E-state index contributed by atoms with van der Waals surface area (Å²) in [6, 6.07) is 4.67. The maximum absolute atomic E-state index is 13.6. The molecule has 152 valence electrons. The quantitative estimate of drug-likeness (QED) is 0.728. The van der Waals surface area contributed by atoms with Crippen LogP contribution in [-0.2, 0) is 20.5 Å². The second-order valence-corrected chi connectivity index (χ2v) is 7.02. The van der Waals surface area contributed by atoms with Crippen molar-refractivity contribution >= 4 is 11.9 Å². The van der Waals surface area contributed by atoms with E-state index in [0.717, 1.165) is 6.07 Å². The van der Waals surface area contributed by atoms with Gasteiger partial charge in [-0.05, 0) is 31.4 Å². The van der Waals surface area contributed by atoms with Crippen molar-refractivity contribution in [3.8, 4) is 0 Å². The molecule has 0 saturated carbocycles. The van der Waals surface area contributed by atoms with Crippen LogP contribution in [0.2, 0.25) is 0 Å². The summed E-state index contributed by atoms with van der Waals surface area (Å²) < 4.78 is 46.0. The molecule has 1 aliphatic heterocycles. The summed E-state index contributed by atoms with van der Waals surface area (Å²) in [5.74, 6) is -3.64. The fourth-order valence-corrected chi connectivity index (χ4v) is 3.19. The van der Waals surface area contributed by atoms with E-state index in [4.69, 9.17) is 4.74 Å².